The van der Waals surface area contributed by atoms with Crippen molar-refractivity contribution in [1.82, 2.24) is 9.31 Å². The molecule has 0 amide bonds. The molecule has 0 radical (unpaired) electrons. The van der Waals surface area contributed by atoms with E-state index in [0.717, 1.165) is 31.5 Å². The molecule has 2 aliphatic heterocycles. The molecule has 6 nitrogen and oxygen atoms in total. The molecule has 1 unspecified atom stereocenters. The summed E-state index contributed by atoms with van der Waals surface area (Å²) in [4.78, 5) is 5.01. The number of sulfonamides is 1. The Hall–Kier alpha value is -2.38. The van der Waals surface area contributed by atoms with Gasteiger partial charge in [-0.1, -0.05) is 36.4 Å². The predicted molar refractivity (Wildman–Crippen MR) is 112 cm³/mol. The van der Waals surface area contributed by atoms with Crippen LogP contribution in [0, 0.1) is 5.92 Å². The minimum Gasteiger partial charge on any atom is -0.297 e. The Morgan fingerprint density at radius 3 is 2.29 bits per heavy atom. The predicted octanol–water partition coefficient (Wildman–Crippen LogP) is 3.22. The van der Waals surface area contributed by atoms with Gasteiger partial charge in [0.2, 0.25) is 10.0 Å². The average molecular weight is 399 g/mol. The molecule has 0 spiro atoms. The molecule has 1 atom stereocenters. The number of hydrogen-bond donors (Lipinski definition) is 1. The molecular formula is C21H26N4O2S. The number of benzene rings is 2. The van der Waals surface area contributed by atoms with Crippen molar-refractivity contribution in [3.05, 3.63) is 60.7 Å². The fraction of sp³-hybridized carbons (Fsp3) is 0.381. The molecule has 7 heteroatoms. The van der Waals surface area contributed by atoms with Crippen molar-refractivity contribution >= 4 is 22.0 Å². The Morgan fingerprint density at radius 1 is 0.964 bits per heavy atom. The molecule has 1 saturated heterocycles. The van der Waals surface area contributed by atoms with Crippen molar-refractivity contribution in [2.45, 2.75) is 30.2 Å². The second-order valence-electron chi connectivity index (χ2n) is 7.44. The zero-order valence-electron chi connectivity index (χ0n) is 15.8. The minimum absolute atomic E-state index is 0.262. The van der Waals surface area contributed by atoms with E-state index in [9.17, 15) is 8.42 Å². The molecule has 2 aliphatic rings. The summed E-state index contributed by atoms with van der Waals surface area (Å²) >= 11 is 0. The number of para-hydroxylation sites is 1. The van der Waals surface area contributed by atoms with Gasteiger partial charge in [0.1, 0.15) is 6.34 Å². The first-order valence-corrected chi connectivity index (χ1v) is 11.2. The maximum Gasteiger partial charge on any atom is 0.243 e. The van der Waals surface area contributed by atoms with E-state index in [1.54, 1.807) is 28.6 Å². The van der Waals surface area contributed by atoms with Gasteiger partial charge >= 0.3 is 0 Å². The van der Waals surface area contributed by atoms with Crippen LogP contribution in [-0.4, -0.2) is 49.7 Å². The van der Waals surface area contributed by atoms with Gasteiger partial charge in [-0.2, -0.15) is 4.31 Å². The number of piperidine rings is 1. The molecule has 1 N–H and O–H groups in total. The second kappa shape index (κ2) is 8.32. The first-order valence-electron chi connectivity index (χ1n) is 9.78. The zero-order chi connectivity index (χ0) is 19.4. The van der Waals surface area contributed by atoms with E-state index in [1.807, 2.05) is 47.7 Å². The highest BCUT2D eigenvalue weighted by atomic mass is 32.2. The lowest BCUT2D eigenvalue weighted by Crippen LogP contribution is -2.39. The maximum atomic E-state index is 12.7. The van der Waals surface area contributed by atoms with Gasteiger partial charge in [-0.05, 0) is 49.4 Å². The van der Waals surface area contributed by atoms with Gasteiger partial charge in [0, 0.05) is 13.1 Å². The van der Waals surface area contributed by atoms with Crippen LogP contribution in [0.2, 0.25) is 0 Å². The van der Waals surface area contributed by atoms with Gasteiger partial charge in [0.05, 0.1) is 23.2 Å². The first-order chi connectivity index (χ1) is 13.6. The van der Waals surface area contributed by atoms with Crippen LogP contribution in [0.4, 0.5) is 5.69 Å². The number of nitrogens with one attached hydrogen (secondary N) is 1. The summed E-state index contributed by atoms with van der Waals surface area (Å²) in [7, 11) is -3.37. The maximum absolute atomic E-state index is 12.7. The van der Waals surface area contributed by atoms with Crippen molar-refractivity contribution in [3.63, 3.8) is 0 Å². The number of hydrogen-bond acceptors (Lipinski definition) is 5. The SMILES string of the molecule is O=S(=O)(c1ccccc1)N1CCC(CC2CN(Nc3ccccc3)C=N2)CC1. The highest BCUT2D eigenvalue weighted by Crippen LogP contribution is 2.28. The van der Waals surface area contributed by atoms with E-state index in [-0.39, 0.29) is 6.04 Å². The van der Waals surface area contributed by atoms with Crippen molar-refractivity contribution < 1.29 is 8.42 Å². The van der Waals surface area contributed by atoms with Gasteiger partial charge in [-0.25, -0.2) is 8.42 Å². The second-order valence-corrected chi connectivity index (χ2v) is 9.38. The van der Waals surface area contributed by atoms with Crippen LogP contribution in [0.15, 0.2) is 70.6 Å². The normalized spacial score (nSPS) is 21.1. The summed E-state index contributed by atoms with van der Waals surface area (Å²) in [5.74, 6) is 0.515. The number of nitrogens with zero attached hydrogens (tertiary/aromatic N) is 3. The Labute approximate surface area is 166 Å². The smallest absolute Gasteiger partial charge is 0.243 e. The number of rotatable bonds is 6. The third-order valence-electron chi connectivity index (χ3n) is 5.43. The molecule has 0 aliphatic carbocycles. The van der Waals surface area contributed by atoms with Gasteiger partial charge in [-0.3, -0.25) is 15.4 Å². The molecule has 1 fully saturated rings. The van der Waals surface area contributed by atoms with Crippen molar-refractivity contribution in [3.8, 4) is 0 Å². The van der Waals surface area contributed by atoms with Crippen LogP contribution in [0.3, 0.4) is 0 Å². The monoisotopic (exact) mass is 398 g/mol. The molecule has 2 aromatic rings. The minimum atomic E-state index is -3.37. The van der Waals surface area contributed by atoms with E-state index in [2.05, 4.69) is 10.4 Å². The first kappa shape index (κ1) is 19.0. The van der Waals surface area contributed by atoms with E-state index in [1.165, 1.54) is 0 Å². The quantitative estimate of drug-likeness (QED) is 0.811. The molecular weight excluding hydrogens is 372 g/mol. The van der Waals surface area contributed by atoms with Crippen molar-refractivity contribution in [2.75, 3.05) is 25.1 Å². The van der Waals surface area contributed by atoms with Gasteiger partial charge in [-0.15, -0.1) is 0 Å². The lowest BCUT2D eigenvalue weighted by Gasteiger charge is -2.32. The molecule has 148 valence electrons. The van der Waals surface area contributed by atoms with Gasteiger partial charge < -0.3 is 0 Å². The van der Waals surface area contributed by atoms with Crippen LogP contribution in [0.5, 0.6) is 0 Å². The standard InChI is InChI=1S/C21H26N4O2S/c26-28(27,21-9-5-2-6-10-21)25-13-11-18(12-14-25)15-20-16-24(17-22-20)23-19-7-3-1-4-8-19/h1-10,17-18,20,23H,11-16H2. The fourth-order valence-corrected chi connectivity index (χ4v) is 5.39. The largest absolute Gasteiger partial charge is 0.297 e. The van der Waals surface area contributed by atoms with Gasteiger partial charge in [0.25, 0.3) is 0 Å². The Balaban J connectivity index is 1.26. The Bertz CT molecular complexity index is 895. The summed E-state index contributed by atoms with van der Waals surface area (Å²) in [6.07, 6.45) is 4.66. The summed E-state index contributed by atoms with van der Waals surface area (Å²) < 4.78 is 27.1. The van der Waals surface area contributed by atoms with E-state index < -0.39 is 10.0 Å². The number of anilines is 1. The Kier molecular flexibility index (Phi) is 5.64. The third kappa shape index (κ3) is 4.36. The van der Waals surface area contributed by atoms with Crippen molar-refractivity contribution in [1.29, 1.82) is 0 Å². The van der Waals surface area contributed by atoms with Gasteiger partial charge in [0.15, 0.2) is 0 Å². The average Bonchev–Trinajstić information content (AvgIpc) is 3.16. The van der Waals surface area contributed by atoms with E-state index in [4.69, 9.17) is 0 Å². The third-order valence-corrected chi connectivity index (χ3v) is 7.34. The number of hydrazine groups is 1. The fourth-order valence-electron chi connectivity index (χ4n) is 3.90. The van der Waals surface area contributed by atoms with Crippen LogP contribution in [0.1, 0.15) is 19.3 Å². The lowest BCUT2D eigenvalue weighted by molar-refractivity contribution is 0.251. The molecule has 0 saturated carbocycles. The van der Waals surface area contributed by atoms with Crippen LogP contribution in [0.25, 0.3) is 0 Å². The lowest BCUT2D eigenvalue weighted by atomic mass is 9.91. The van der Waals surface area contributed by atoms with Crippen molar-refractivity contribution in [2.24, 2.45) is 10.9 Å². The zero-order valence-corrected chi connectivity index (χ0v) is 16.6. The summed E-state index contributed by atoms with van der Waals surface area (Å²) in [5.41, 5.74) is 4.40. The molecule has 4 rings (SSSR count). The molecule has 28 heavy (non-hydrogen) atoms. The van der Waals surface area contributed by atoms with Crippen LogP contribution in [-0.2, 0) is 10.0 Å². The summed E-state index contributed by atoms with van der Waals surface area (Å²) in [6, 6.07) is 19.0. The van der Waals surface area contributed by atoms with E-state index in [0.29, 0.717) is 23.9 Å². The number of aliphatic imine (C=N–C) groups is 1. The van der Waals surface area contributed by atoms with Crippen LogP contribution >= 0.6 is 0 Å². The topological polar surface area (TPSA) is 65.0 Å². The Morgan fingerprint density at radius 2 is 1.61 bits per heavy atom. The molecule has 0 aromatic heterocycles. The highest BCUT2D eigenvalue weighted by Gasteiger charge is 2.31. The summed E-state index contributed by atoms with van der Waals surface area (Å²) in [6.45, 7) is 2.02. The molecule has 2 aromatic carbocycles. The summed E-state index contributed by atoms with van der Waals surface area (Å²) in [5, 5.41) is 2.02. The molecule has 2 heterocycles. The van der Waals surface area contributed by atoms with Crippen LogP contribution < -0.4 is 5.43 Å². The highest BCUT2D eigenvalue weighted by molar-refractivity contribution is 7.89. The molecule has 0 bridgehead atoms. The van der Waals surface area contributed by atoms with E-state index >= 15 is 0 Å².